The molecule has 1 rings (SSSR count). The topological polar surface area (TPSA) is 163 Å². The van der Waals surface area contributed by atoms with E-state index in [4.69, 9.17) is 29.2 Å². The van der Waals surface area contributed by atoms with Gasteiger partial charge < -0.3 is 23.7 Å². The molecule has 0 aromatic rings. The van der Waals surface area contributed by atoms with E-state index in [0.717, 1.165) is 27.7 Å². The normalized spacial score (nSPS) is 27.5. The van der Waals surface area contributed by atoms with Crippen molar-refractivity contribution in [3.05, 3.63) is 10.4 Å². The van der Waals surface area contributed by atoms with E-state index in [-0.39, 0.29) is 6.61 Å². The maximum Gasteiger partial charge on any atom is 0.305 e. The van der Waals surface area contributed by atoms with Crippen LogP contribution in [0.5, 0.6) is 0 Å². The Morgan fingerprint density at radius 2 is 1.46 bits per heavy atom. The van der Waals surface area contributed by atoms with E-state index in [1.165, 1.54) is 0 Å². The fourth-order valence-electron chi connectivity index (χ4n) is 2.33. The van der Waals surface area contributed by atoms with Crippen molar-refractivity contribution >= 4 is 23.9 Å². The van der Waals surface area contributed by atoms with E-state index in [1.54, 1.807) is 0 Å². The third-order valence-electron chi connectivity index (χ3n) is 3.14. The van der Waals surface area contributed by atoms with Crippen molar-refractivity contribution in [3.8, 4) is 0 Å². The number of carbonyl (C=O) groups is 4. The van der Waals surface area contributed by atoms with Crippen LogP contribution in [-0.4, -0.2) is 61.1 Å². The standard InChI is InChI=1S/C14H19N3O9/c1-6(18)22-5-10-11(16-17-15)12(23-7(2)19)13(24-8(3)20)14(26-10)25-9(4)21/h10-14H,5H2,1-4H3/t10-,11-,12+,13-,14-/m1/s1. The third-order valence-corrected chi connectivity index (χ3v) is 3.14. The minimum absolute atomic E-state index is 0.374. The zero-order chi connectivity index (χ0) is 19.9. The molecule has 1 aliphatic rings. The van der Waals surface area contributed by atoms with Gasteiger partial charge in [-0.05, 0) is 5.53 Å². The largest absolute Gasteiger partial charge is 0.463 e. The van der Waals surface area contributed by atoms with Gasteiger partial charge in [0, 0.05) is 32.6 Å². The smallest absolute Gasteiger partial charge is 0.305 e. The van der Waals surface area contributed by atoms with E-state index in [2.05, 4.69) is 10.0 Å². The second kappa shape index (κ2) is 9.59. The summed E-state index contributed by atoms with van der Waals surface area (Å²) < 4.78 is 25.5. The Kier molecular flexibility index (Phi) is 7.81. The number of rotatable bonds is 6. The number of hydrogen-bond donors (Lipinski definition) is 0. The van der Waals surface area contributed by atoms with E-state index in [9.17, 15) is 19.2 Å². The lowest BCUT2D eigenvalue weighted by Crippen LogP contribution is -2.61. The molecule has 12 heteroatoms. The maximum atomic E-state index is 11.5. The van der Waals surface area contributed by atoms with Crippen LogP contribution in [0.2, 0.25) is 0 Å². The average Bonchev–Trinajstić information content (AvgIpc) is 2.50. The summed E-state index contributed by atoms with van der Waals surface area (Å²) in [6.45, 7) is 4.05. The predicted octanol–water partition coefficient (Wildman–Crippen LogP) is 0.380. The van der Waals surface area contributed by atoms with Gasteiger partial charge in [-0.2, -0.15) is 0 Å². The summed E-state index contributed by atoms with van der Waals surface area (Å²) in [5.74, 6) is -2.93. The van der Waals surface area contributed by atoms with Crippen LogP contribution in [-0.2, 0) is 42.9 Å². The quantitative estimate of drug-likeness (QED) is 0.210. The van der Waals surface area contributed by atoms with Crippen molar-refractivity contribution in [1.82, 2.24) is 0 Å². The molecule has 1 heterocycles. The molecule has 0 aliphatic carbocycles. The van der Waals surface area contributed by atoms with Crippen LogP contribution in [0.1, 0.15) is 27.7 Å². The van der Waals surface area contributed by atoms with Crippen molar-refractivity contribution in [3.63, 3.8) is 0 Å². The van der Waals surface area contributed by atoms with Gasteiger partial charge in [0.2, 0.25) is 12.4 Å². The lowest BCUT2D eigenvalue weighted by molar-refractivity contribution is -0.276. The molecule has 0 saturated carbocycles. The molecular weight excluding hydrogens is 354 g/mol. The molecule has 1 fully saturated rings. The summed E-state index contributed by atoms with van der Waals surface area (Å²) >= 11 is 0. The molecule has 1 aliphatic heterocycles. The van der Waals surface area contributed by atoms with Crippen LogP contribution in [0.4, 0.5) is 0 Å². The highest BCUT2D eigenvalue weighted by molar-refractivity contribution is 5.68. The molecule has 0 spiro atoms. The van der Waals surface area contributed by atoms with Crippen molar-refractivity contribution in [2.75, 3.05) is 6.61 Å². The number of esters is 4. The van der Waals surface area contributed by atoms with Gasteiger partial charge in [0.15, 0.2) is 6.10 Å². The number of carbonyl (C=O) groups excluding carboxylic acids is 4. The predicted molar refractivity (Wildman–Crippen MR) is 81.1 cm³/mol. The lowest BCUT2D eigenvalue weighted by Gasteiger charge is -2.42. The summed E-state index contributed by atoms with van der Waals surface area (Å²) in [6.07, 6.45) is -5.29. The van der Waals surface area contributed by atoms with Crippen LogP contribution >= 0.6 is 0 Å². The van der Waals surface area contributed by atoms with Gasteiger partial charge in [-0.25, -0.2) is 0 Å². The van der Waals surface area contributed by atoms with Gasteiger partial charge in [-0.15, -0.1) is 0 Å². The first-order valence-electron chi connectivity index (χ1n) is 7.50. The van der Waals surface area contributed by atoms with Crippen LogP contribution in [0, 0.1) is 0 Å². The first-order valence-corrected chi connectivity index (χ1v) is 7.50. The average molecular weight is 373 g/mol. The summed E-state index contributed by atoms with van der Waals surface area (Å²) in [4.78, 5) is 47.9. The number of ether oxygens (including phenoxy) is 5. The van der Waals surface area contributed by atoms with Gasteiger partial charge in [0.05, 0.1) is 0 Å². The second-order valence-electron chi connectivity index (χ2n) is 5.30. The van der Waals surface area contributed by atoms with Gasteiger partial charge in [-0.3, -0.25) is 19.2 Å². The molecule has 0 radical (unpaired) electrons. The van der Waals surface area contributed by atoms with Crippen molar-refractivity contribution < 1.29 is 42.9 Å². The summed E-state index contributed by atoms with van der Waals surface area (Å²) in [6, 6.07) is -1.21. The monoisotopic (exact) mass is 373 g/mol. The molecule has 0 unspecified atom stereocenters. The minimum Gasteiger partial charge on any atom is -0.463 e. The van der Waals surface area contributed by atoms with Crippen LogP contribution < -0.4 is 0 Å². The van der Waals surface area contributed by atoms with Crippen LogP contribution in [0.3, 0.4) is 0 Å². The molecule has 0 amide bonds. The van der Waals surface area contributed by atoms with Gasteiger partial charge in [-0.1, -0.05) is 5.11 Å². The first kappa shape index (κ1) is 21.2. The zero-order valence-corrected chi connectivity index (χ0v) is 14.6. The van der Waals surface area contributed by atoms with Crippen molar-refractivity contribution in [2.24, 2.45) is 5.11 Å². The van der Waals surface area contributed by atoms with E-state index in [0.29, 0.717) is 0 Å². The molecule has 0 aromatic carbocycles. The molecule has 5 atom stereocenters. The Hall–Kier alpha value is -2.85. The summed E-state index contributed by atoms with van der Waals surface area (Å²) in [5, 5.41) is 3.50. The maximum absolute atomic E-state index is 11.5. The van der Waals surface area contributed by atoms with Gasteiger partial charge >= 0.3 is 23.9 Å². The molecule has 0 N–H and O–H groups in total. The highest BCUT2D eigenvalue weighted by Gasteiger charge is 2.51. The fourth-order valence-corrected chi connectivity index (χ4v) is 2.33. The Labute approximate surface area is 148 Å². The second-order valence-corrected chi connectivity index (χ2v) is 5.30. The zero-order valence-electron chi connectivity index (χ0n) is 14.6. The Morgan fingerprint density at radius 3 is 1.92 bits per heavy atom. The molecular formula is C14H19N3O9. The molecule has 12 nitrogen and oxygen atoms in total. The highest BCUT2D eigenvalue weighted by atomic mass is 16.7. The Morgan fingerprint density at radius 1 is 0.923 bits per heavy atom. The Balaban J connectivity index is 3.27. The van der Waals surface area contributed by atoms with Gasteiger partial charge in [0.25, 0.3) is 0 Å². The minimum atomic E-state index is -1.47. The third kappa shape index (κ3) is 6.22. The van der Waals surface area contributed by atoms with Crippen LogP contribution in [0.15, 0.2) is 5.11 Å². The molecule has 0 aromatic heterocycles. The SMILES string of the molecule is CC(=O)OC[C@H]1O[C@@H](OC(C)=O)[C@H](OC(C)=O)[C@@H](OC(C)=O)[C@@H]1N=[N+]=[N-]. The van der Waals surface area contributed by atoms with E-state index in [1.807, 2.05) is 0 Å². The molecule has 1 saturated heterocycles. The number of nitrogens with zero attached hydrogens (tertiary/aromatic N) is 3. The fraction of sp³-hybridized carbons (Fsp3) is 0.714. The molecule has 0 bridgehead atoms. The summed E-state index contributed by atoms with van der Waals surface area (Å²) in [7, 11) is 0. The molecule has 26 heavy (non-hydrogen) atoms. The number of hydrogen-bond acceptors (Lipinski definition) is 10. The van der Waals surface area contributed by atoms with Crippen molar-refractivity contribution in [1.29, 1.82) is 0 Å². The van der Waals surface area contributed by atoms with E-state index >= 15 is 0 Å². The summed E-state index contributed by atoms with van der Waals surface area (Å²) in [5.41, 5.74) is 8.81. The van der Waals surface area contributed by atoms with Crippen LogP contribution in [0.25, 0.3) is 10.4 Å². The first-order chi connectivity index (χ1) is 12.1. The lowest BCUT2D eigenvalue weighted by atomic mass is 9.96. The Bertz CT molecular complexity index is 617. The highest BCUT2D eigenvalue weighted by Crippen LogP contribution is 2.29. The molecule has 144 valence electrons. The van der Waals surface area contributed by atoms with E-state index < -0.39 is 54.5 Å². The van der Waals surface area contributed by atoms with Crippen molar-refractivity contribution in [2.45, 2.75) is 58.3 Å². The number of azide groups is 1. The van der Waals surface area contributed by atoms with Gasteiger partial charge in [0.1, 0.15) is 18.8 Å².